The van der Waals surface area contributed by atoms with Crippen molar-refractivity contribution in [2.45, 2.75) is 51.1 Å². The second kappa shape index (κ2) is 8.15. The van der Waals surface area contributed by atoms with E-state index in [2.05, 4.69) is 17.3 Å². The Hall–Kier alpha value is -1.39. The lowest BCUT2D eigenvalue weighted by Crippen LogP contribution is -2.30. The molecule has 1 aliphatic rings. The molecule has 1 aliphatic carbocycles. The summed E-state index contributed by atoms with van der Waals surface area (Å²) >= 11 is 0. The summed E-state index contributed by atoms with van der Waals surface area (Å²) in [4.78, 5) is 14.4. The summed E-state index contributed by atoms with van der Waals surface area (Å²) in [5.74, 6) is 0.0794. The van der Waals surface area contributed by atoms with Gasteiger partial charge in [0.05, 0.1) is 0 Å². The molecule has 0 radical (unpaired) electrons. The van der Waals surface area contributed by atoms with Crippen LogP contribution in [0.1, 0.15) is 44.1 Å². The maximum atomic E-state index is 12.0. The predicted molar refractivity (Wildman–Crippen MR) is 87.1 cm³/mol. The van der Waals surface area contributed by atoms with E-state index < -0.39 is 0 Å². The Labute approximate surface area is 127 Å². The van der Waals surface area contributed by atoms with Crippen LogP contribution < -0.4 is 11.1 Å². The van der Waals surface area contributed by atoms with Gasteiger partial charge in [-0.3, -0.25) is 4.79 Å². The second-order valence-corrected chi connectivity index (χ2v) is 5.93. The first-order valence-corrected chi connectivity index (χ1v) is 7.98. The van der Waals surface area contributed by atoms with Crippen molar-refractivity contribution >= 4 is 11.6 Å². The SMILES string of the molecule is CN(CCCC(=O)Nc1ccccc1CN)C1CCCC1. The fourth-order valence-corrected chi connectivity index (χ4v) is 3.05. The molecule has 1 saturated carbocycles. The molecule has 21 heavy (non-hydrogen) atoms. The molecule has 0 aromatic heterocycles. The summed E-state index contributed by atoms with van der Waals surface area (Å²) in [5.41, 5.74) is 7.50. The summed E-state index contributed by atoms with van der Waals surface area (Å²) in [6, 6.07) is 8.44. The van der Waals surface area contributed by atoms with Gasteiger partial charge in [-0.1, -0.05) is 31.0 Å². The molecule has 1 fully saturated rings. The highest BCUT2D eigenvalue weighted by atomic mass is 16.1. The number of hydrogen-bond acceptors (Lipinski definition) is 3. The zero-order valence-corrected chi connectivity index (χ0v) is 13.0. The van der Waals surface area contributed by atoms with Crippen LogP contribution in [-0.4, -0.2) is 30.4 Å². The number of nitrogens with two attached hydrogens (primary N) is 1. The molecular formula is C17H27N3O. The number of amides is 1. The van der Waals surface area contributed by atoms with Crippen LogP contribution in [0.2, 0.25) is 0 Å². The number of benzene rings is 1. The number of nitrogens with zero attached hydrogens (tertiary/aromatic N) is 1. The van der Waals surface area contributed by atoms with Crippen molar-refractivity contribution in [1.29, 1.82) is 0 Å². The molecule has 1 amide bonds. The molecule has 0 unspecified atom stereocenters. The zero-order valence-electron chi connectivity index (χ0n) is 13.0. The molecule has 0 atom stereocenters. The minimum atomic E-state index is 0.0794. The summed E-state index contributed by atoms with van der Waals surface area (Å²) < 4.78 is 0. The fourth-order valence-electron chi connectivity index (χ4n) is 3.05. The largest absolute Gasteiger partial charge is 0.326 e. The highest BCUT2D eigenvalue weighted by Gasteiger charge is 2.19. The van der Waals surface area contributed by atoms with Crippen molar-refractivity contribution in [3.8, 4) is 0 Å². The molecule has 4 nitrogen and oxygen atoms in total. The van der Waals surface area contributed by atoms with E-state index in [4.69, 9.17) is 5.73 Å². The smallest absolute Gasteiger partial charge is 0.224 e. The highest BCUT2D eigenvalue weighted by molar-refractivity contribution is 5.91. The van der Waals surface area contributed by atoms with Crippen LogP contribution in [0.25, 0.3) is 0 Å². The van der Waals surface area contributed by atoms with Gasteiger partial charge in [0, 0.05) is 24.7 Å². The molecule has 2 rings (SSSR count). The van der Waals surface area contributed by atoms with Crippen molar-refractivity contribution in [3.05, 3.63) is 29.8 Å². The van der Waals surface area contributed by atoms with Crippen LogP contribution in [0.5, 0.6) is 0 Å². The number of carbonyl (C=O) groups is 1. The van der Waals surface area contributed by atoms with Gasteiger partial charge in [0.2, 0.25) is 5.91 Å². The van der Waals surface area contributed by atoms with E-state index in [0.29, 0.717) is 13.0 Å². The predicted octanol–water partition coefficient (Wildman–Crippen LogP) is 2.74. The van der Waals surface area contributed by atoms with Gasteiger partial charge in [0.15, 0.2) is 0 Å². The molecule has 0 saturated heterocycles. The molecule has 0 spiro atoms. The number of hydrogen-bond donors (Lipinski definition) is 2. The maximum absolute atomic E-state index is 12.0. The first kappa shape index (κ1) is 16.0. The topological polar surface area (TPSA) is 58.4 Å². The van der Waals surface area contributed by atoms with Gasteiger partial charge < -0.3 is 16.0 Å². The fraction of sp³-hybridized carbons (Fsp3) is 0.588. The Balaban J connectivity index is 1.72. The van der Waals surface area contributed by atoms with Crippen LogP contribution in [0.4, 0.5) is 5.69 Å². The van der Waals surface area contributed by atoms with Crippen LogP contribution >= 0.6 is 0 Å². The lowest BCUT2D eigenvalue weighted by Gasteiger charge is -2.23. The number of nitrogens with one attached hydrogen (secondary N) is 1. The first-order chi connectivity index (χ1) is 10.2. The first-order valence-electron chi connectivity index (χ1n) is 7.98. The van der Waals surface area contributed by atoms with Crippen molar-refractivity contribution < 1.29 is 4.79 Å². The lowest BCUT2D eigenvalue weighted by atomic mass is 10.1. The Morgan fingerprint density at radius 1 is 1.33 bits per heavy atom. The summed E-state index contributed by atoms with van der Waals surface area (Å²) in [6.45, 7) is 1.44. The van der Waals surface area contributed by atoms with E-state index in [1.54, 1.807) is 0 Å². The standard InChI is InChI=1S/C17H27N3O/c1-20(15-8-3-4-9-15)12-6-11-17(21)19-16-10-5-2-7-14(16)13-18/h2,5,7,10,15H,3-4,6,8-9,11-13,18H2,1H3,(H,19,21). The Morgan fingerprint density at radius 3 is 2.76 bits per heavy atom. The number of carbonyl (C=O) groups excluding carboxylic acids is 1. The molecule has 1 aromatic rings. The highest BCUT2D eigenvalue weighted by Crippen LogP contribution is 2.22. The molecule has 1 aromatic carbocycles. The van der Waals surface area contributed by atoms with Crippen molar-refractivity contribution in [2.75, 3.05) is 18.9 Å². The van der Waals surface area contributed by atoms with E-state index in [1.165, 1.54) is 25.7 Å². The van der Waals surface area contributed by atoms with Crippen molar-refractivity contribution in [3.63, 3.8) is 0 Å². The minimum Gasteiger partial charge on any atom is -0.326 e. The molecule has 4 heteroatoms. The molecular weight excluding hydrogens is 262 g/mol. The summed E-state index contributed by atoms with van der Waals surface area (Å²) in [7, 11) is 2.18. The third kappa shape index (κ3) is 4.83. The average Bonchev–Trinajstić information content (AvgIpc) is 3.02. The van der Waals surface area contributed by atoms with Crippen LogP contribution in [0.3, 0.4) is 0 Å². The van der Waals surface area contributed by atoms with E-state index in [1.807, 2.05) is 24.3 Å². The quantitative estimate of drug-likeness (QED) is 0.811. The Morgan fingerprint density at radius 2 is 2.05 bits per heavy atom. The molecule has 116 valence electrons. The Bertz CT molecular complexity index is 455. The normalized spacial score (nSPS) is 15.6. The molecule has 0 heterocycles. The summed E-state index contributed by atoms with van der Waals surface area (Å²) in [5, 5.41) is 2.97. The van der Waals surface area contributed by atoms with Crippen molar-refractivity contribution in [1.82, 2.24) is 4.90 Å². The lowest BCUT2D eigenvalue weighted by molar-refractivity contribution is -0.116. The van der Waals surface area contributed by atoms with Gasteiger partial charge in [-0.15, -0.1) is 0 Å². The second-order valence-electron chi connectivity index (χ2n) is 5.93. The van der Waals surface area contributed by atoms with E-state index in [9.17, 15) is 4.79 Å². The van der Waals surface area contributed by atoms with Crippen LogP contribution in [0.15, 0.2) is 24.3 Å². The van der Waals surface area contributed by atoms with Gasteiger partial charge in [-0.25, -0.2) is 0 Å². The van der Waals surface area contributed by atoms with Gasteiger partial charge in [0.1, 0.15) is 0 Å². The maximum Gasteiger partial charge on any atom is 0.224 e. The van der Waals surface area contributed by atoms with E-state index in [-0.39, 0.29) is 5.91 Å². The van der Waals surface area contributed by atoms with Crippen LogP contribution in [-0.2, 0) is 11.3 Å². The van der Waals surface area contributed by atoms with Gasteiger partial charge in [0.25, 0.3) is 0 Å². The van der Waals surface area contributed by atoms with Crippen molar-refractivity contribution in [2.24, 2.45) is 5.73 Å². The molecule has 0 aliphatic heterocycles. The van der Waals surface area contributed by atoms with E-state index in [0.717, 1.165) is 30.3 Å². The number of rotatable bonds is 7. The van der Waals surface area contributed by atoms with E-state index >= 15 is 0 Å². The van der Waals surface area contributed by atoms with Gasteiger partial charge in [-0.05, 0) is 44.5 Å². The van der Waals surface area contributed by atoms with Gasteiger partial charge >= 0.3 is 0 Å². The zero-order chi connectivity index (χ0) is 15.1. The molecule has 0 bridgehead atoms. The Kier molecular flexibility index (Phi) is 6.21. The minimum absolute atomic E-state index is 0.0794. The van der Waals surface area contributed by atoms with Gasteiger partial charge in [-0.2, -0.15) is 0 Å². The number of para-hydroxylation sites is 1. The third-order valence-corrected chi connectivity index (χ3v) is 4.37. The average molecular weight is 289 g/mol. The monoisotopic (exact) mass is 289 g/mol. The summed E-state index contributed by atoms with van der Waals surface area (Å²) in [6.07, 6.45) is 6.80. The third-order valence-electron chi connectivity index (χ3n) is 4.37. The van der Waals surface area contributed by atoms with Crippen LogP contribution in [0, 0.1) is 0 Å². The number of anilines is 1. The molecule has 3 N–H and O–H groups in total.